The highest BCUT2D eigenvalue weighted by molar-refractivity contribution is 6.02. The SMILES string of the molecule is CCC(=O)C(C(=O)CC)C1CC(CC)CCN1. The zero-order valence-corrected chi connectivity index (χ0v) is 11.3. The van der Waals surface area contributed by atoms with Crippen LogP contribution in [-0.2, 0) is 9.59 Å². The lowest BCUT2D eigenvalue weighted by Crippen LogP contribution is -2.48. The van der Waals surface area contributed by atoms with Crippen LogP contribution in [0.15, 0.2) is 0 Å². The summed E-state index contributed by atoms with van der Waals surface area (Å²) in [4.78, 5) is 23.9. The second-order valence-corrected chi connectivity index (χ2v) is 4.98. The van der Waals surface area contributed by atoms with Gasteiger partial charge in [0.05, 0.1) is 5.92 Å². The van der Waals surface area contributed by atoms with Gasteiger partial charge in [0.1, 0.15) is 11.6 Å². The fraction of sp³-hybridized carbons (Fsp3) is 0.857. The summed E-state index contributed by atoms with van der Waals surface area (Å²) < 4.78 is 0. The first kappa shape index (κ1) is 14.4. The van der Waals surface area contributed by atoms with E-state index in [4.69, 9.17) is 0 Å². The molecule has 1 rings (SSSR count). The molecule has 2 atom stereocenters. The smallest absolute Gasteiger partial charge is 0.144 e. The minimum atomic E-state index is -0.403. The number of hydrogen-bond donors (Lipinski definition) is 1. The number of carbonyl (C=O) groups is 2. The molecule has 1 aliphatic heterocycles. The summed E-state index contributed by atoms with van der Waals surface area (Å²) >= 11 is 0. The van der Waals surface area contributed by atoms with Crippen molar-refractivity contribution < 1.29 is 9.59 Å². The Labute approximate surface area is 104 Å². The van der Waals surface area contributed by atoms with Crippen LogP contribution >= 0.6 is 0 Å². The van der Waals surface area contributed by atoms with Gasteiger partial charge in [0.2, 0.25) is 0 Å². The maximum atomic E-state index is 11.9. The Morgan fingerprint density at radius 2 is 1.76 bits per heavy atom. The minimum absolute atomic E-state index is 0.0774. The monoisotopic (exact) mass is 239 g/mol. The quantitative estimate of drug-likeness (QED) is 0.724. The molecule has 17 heavy (non-hydrogen) atoms. The van der Waals surface area contributed by atoms with Crippen molar-refractivity contribution in [1.29, 1.82) is 0 Å². The van der Waals surface area contributed by atoms with Crippen LogP contribution in [0, 0.1) is 11.8 Å². The van der Waals surface area contributed by atoms with Gasteiger partial charge in [-0.25, -0.2) is 0 Å². The summed E-state index contributed by atoms with van der Waals surface area (Å²) in [5.41, 5.74) is 0. The molecule has 0 amide bonds. The minimum Gasteiger partial charge on any atom is -0.313 e. The molecule has 0 aromatic rings. The summed E-state index contributed by atoms with van der Waals surface area (Å²) in [6.45, 7) is 6.82. The summed E-state index contributed by atoms with van der Waals surface area (Å²) in [5, 5.41) is 3.37. The maximum Gasteiger partial charge on any atom is 0.144 e. The predicted molar refractivity (Wildman–Crippen MR) is 68.9 cm³/mol. The van der Waals surface area contributed by atoms with Gasteiger partial charge in [-0.2, -0.15) is 0 Å². The van der Waals surface area contributed by atoms with Gasteiger partial charge in [-0.05, 0) is 25.3 Å². The molecule has 1 fully saturated rings. The van der Waals surface area contributed by atoms with Crippen molar-refractivity contribution in [1.82, 2.24) is 5.32 Å². The lowest BCUT2D eigenvalue weighted by molar-refractivity contribution is -0.134. The molecular weight excluding hydrogens is 214 g/mol. The number of hydrogen-bond acceptors (Lipinski definition) is 3. The van der Waals surface area contributed by atoms with Gasteiger partial charge in [-0.1, -0.05) is 27.2 Å². The van der Waals surface area contributed by atoms with Crippen LogP contribution in [0.3, 0.4) is 0 Å². The van der Waals surface area contributed by atoms with Crippen molar-refractivity contribution in [2.45, 2.75) is 58.9 Å². The average Bonchev–Trinajstić information content (AvgIpc) is 2.38. The van der Waals surface area contributed by atoms with Crippen molar-refractivity contribution in [3.63, 3.8) is 0 Å². The molecule has 3 nitrogen and oxygen atoms in total. The Morgan fingerprint density at radius 1 is 1.18 bits per heavy atom. The Kier molecular flexibility index (Phi) is 5.83. The Hall–Kier alpha value is -0.700. The second kappa shape index (κ2) is 6.90. The molecule has 3 heteroatoms. The lowest BCUT2D eigenvalue weighted by atomic mass is 9.79. The van der Waals surface area contributed by atoms with Gasteiger partial charge in [0.25, 0.3) is 0 Å². The first-order chi connectivity index (χ1) is 8.13. The van der Waals surface area contributed by atoms with E-state index in [1.807, 2.05) is 13.8 Å². The molecule has 0 aromatic carbocycles. The summed E-state index contributed by atoms with van der Waals surface area (Å²) in [7, 11) is 0. The summed E-state index contributed by atoms with van der Waals surface area (Å²) in [5.74, 6) is 0.467. The standard InChI is InChI=1S/C14H25NO2/c1-4-10-7-8-15-11(9-10)14(12(16)5-2)13(17)6-3/h10-11,14-15H,4-9H2,1-3H3. The van der Waals surface area contributed by atoms with E-state index in [9.17, 15) is 9.59 Å². The van der Waals surface area contributed by atoms with Crippen LogP contribution in [0.5, 0.6) is 0 Å². The molecule has 0 radical (unpaired) electrons. The van der Waals surface area contributed by atoms with E-state index in [0.29, 0.717) is 18.8 Å². The average molecular weight is 239 g/mol. The van der Waals surface area contributed by atoms with Gasteiger partial charge >= 0.3 is 0 Å². The summed E-state index contributed by atoms with van der Waals surface area (Å²) in [6.07, 6.45) is 4.21. The predicted octanol–water partition coefficient (Wildman–Crippen LogP) is 2.34. The highest BCUT2D eigenvalue weighted by atomic mass is 16.1. The third kappa shape index (κ3) is 3.63. The molecule has 98 valence electrons. The topological polar surface area (TPSA) is 46.2 Å². The van der Waals surface area contributed by atoms with E-state index in [0.717, 1.165) is 19.4 Å². The first-order valence-electron chi connectivity index (χ1n) is 6.92. The van der Waals surface area contributed by atoms with Crippen molar-refractivity contribution in [2.24, 2.45) is 11.8 Å². The largest absolute Gasteiger partial charge is 0.313 e. The number of carbonyl (C=O) groups excluding carboxylic acids is 2. The lowest BCUT2D eigenvalue weighted by Gasteiger charge is -2.33. The molecule has 0 aromatic heterocycles. The number of ketones is 2. The maximum absolute atomic E-state index is 11.9. The highest BCUT2D eigenvalue weighted by Gasteiger charge is 2.35. The normalized spacial score (nSPS) is 24.9. The van der Waals surface area contributed by atoms with Crippen molar-refractivity contribution in [3.05, 3.63) is 0 Å². The molecule has 0 aliphatic carbocycles. The fourth-order valence-electron chi connectivity index (χ4n) is 2.73. The Balaban J connectivity index is 2.75. The van der Waals surface area contributed by atoms with Gasteiger partial charge in [0, 0.05) is 18.9 Å². The molecule has 1 heterocycles. The van der Waals surface area contributed by atoms with Gasteiger partial charge in [0.15, 0.2) is 0 Å². The zero-order chi connectivity index (χ0) is 12.8. The second-order valence-electron chi connectivity index (χ2n) is 4.98. The van der Waals surface area contributed by atoms with Crippen LogP contribution in [0.25, 0.3) is 0 Å². The van der Waals surface area contributed by atoms with E-state index in [2.05, 4.69) is 12.2 Å². The van der Waals surface area contributed by atoms with Crippen LogP contribution < -0.4 is 5.32 Å². The zero-order valence-electron chi connectivity index (χ0n) is 11.3. The molecule has 2 unspecified atom stereocenters. The van der Waals surface area contributed by atoms with Gasteiger partial charge < -0.3 is 5.32 Å². The van der Waals surface area contributed by atoms with Crippen molar-refractivity contribution in [3.8, 4) is 0 Å². The fourth-order valence-corrected chi connectivity index (χ4v) is 2.73. The van der Waals surface area contributed by atoms with E-state index < -0.39 is 5.92 Å². The Bertz CT molecular complexity index is 259. The number of piperidine rings is 1. The van der Waals surface area contributed by atoms with Crippen LogP contribution in [-0.4, -0.2) is 24.2 Å². The van der Waals surface area contributed by atoms with Crippen molar-refractivity contribution >= 4 is 11.6 Å². The Morgan fingerprint density at radius 3 is 2.24 bits per heavy atom. The van der Waals surface area contributed by atoms with E-state index in [-0.39, 0.29) is 17.6 Å². The van der Waals surface area contributed by atoms with E-state index >= 15 is 0 Å². The van der Waals surface area contributed by atoms with Gasteiger partial charge in [-0.15, -0.1) is 0 Å². The first-order valence-corrected chi connectivity index (χ1v) is 6.92. The third-order valence-corrected chi connectivity index (χ3v) is 3.92. The van der Waals surface area contributed by atoms with Gasteiger partial charge in [-0.3, -0.25) is 9.59 Å². The third-order valence-electron chi connectivity index (χ3n) is 3.92. The van der Waals surface area contributed by atoms with Crippen LogP contribution in [0.1, 0.15) is 52.9 Å². The van der Waals surface area contributed by atoms with Crippen LogP contribution in [0.2, 0.25) is 0 Å². The van der Waals surface area contributed by atoms with E-state index in [1.54, 1.807) is 0 Å². The number of rotatable bonds is 6. The number of nitrogens with one attached hydrogen (secondary N) is 1. The van der Waals surface area contributed by atoms with Crippen molar-refractivity contribution in [2.75, 3.05) is 6.54 Å². The molecule has 0 spiro atoms. The molecule has 1 aliphatic rings. The summed E-state index contributed by atoms with van der Waals surface area (Å²) in [6, 6.07) is 0.0774. The molecule has 0 saturated carbocycles. The number of Topliss-reactive ketones (excluding diaryl/α,β-unsaturated/α-hetero) is 2. The molecule has 1 saturated heterocycles. The molecule has 1 N–H and O–H groups in total. The van der Waals surface area contributed by atoms with E-state index in [1.165, 1.54) is 6.42 Å². The molecule has 0 bridgehead atoms. The van der Waals surface area contributed by atoms with Crippen LogP contribution in [0.4, 0.5) is 0 Å². The highest BCUT2D eigenvalue weighted by Crippen LogP contribution is 2.25. The molecular formula is C14H25NO2.